The van der Waals surface area contributed by atoms with Crippen molar-refractivity contribution in [3.63, 3.8) is 0 Å². The number of hydroxylamine groups is 2. The molecule has 6 aliphatic rings. The molecular formula is C51H70N12O18S. The van der Waals surface area contributed by atoms with Crippen LogP contribution in [0.1, 0.15) is 90.5 Å². The van der Waals surface area contributed by atoms with Gasteiger partial charge in [-0.2, -0.15) is 0 Å². The molecule has 448 valence electrons. The van der Waals surface area contributed by atoms with E-state index in [1.807, 2.05) is 0 Å². The van der Waals surface area contributed by atoms with E-state index in [0.29, 0.717) is 17.9 Å². The van der Waals surface area contributed by atoms with Crippen LogP contribution in [0.25, 0.3) is 10.9 Å². The molecule has 7 heterocycles. The minimum atomic E-state index is -2.50. The fourth-order valence-corrected chi connectivity index (χ4v) is 12.0. The van der Waals surface area contributed by atoms with Crippen molar-refractivity contribution < 1.29 is 86.6 Å². The molecule has 5 unspecified atom stereocenters. The van der Waals surface area contributed by atoms with E-state index in [-0.39, 0.29) is 72.3 Å². The van der Waals surface area contributed by atoms with Crippen molar-refractivity contribution in [2.75, 3.05) is 38.5 Å². The number of amides is 11. The van der Waals surface area contributed by atoms with Crippen molar-refractivity contribution in [3.8, 4) is 5.75 Å². The van der Waals surface area contributed by atoms with Crippen molar-refractivity contribution in [2.45, 2.75) is 151 Å². The van der Waals surface area contributed by atoms with Crippen LogP contribution in [0.3, 0.4) is 0 Å². The number of hydrogen-bond acceptors (Lipinski definition) is 19. The summed E-state index contributed by atoms with van der Waals surface area (Å²) in [6.07, 6.45) is -5.50. The highest BCUT2D eigenvalue weighted by molar-refractivity contribution is 7.85. The second-order valence-corrected chi connectivity index (χ2v) is 22.5. The maximum Gasteiger partial charge on any atom is 0.432 e. The van der Waals surface area contributed by atoms with Gasteiger partial charge in [-0.15, -0.1) is 5.06 Å². The Kier molecular flexibility index (Phi) is 20.4. The predicted octanol–water partition coefficient (Wildman–Crippen LogP) is -4.75. The van der Waals surface area contributed by atoms with Gasteiger partial charge in [-0.3, -0.25) is 56.9 Å². The number of aromatic amines is 1. The van der Waals surface area contributed by atoms with Crippen LogP contribution < -0.4 is 53.0 Å². The van der Waals surface area contributed by atoms with E-state index < -0.39 is 199 Å². The average molecular weight is 1170 g/mol. The number of imide groups is 1. The number of nitrogens with zero attached hydrogens (tertiary/aromatic N) is 2. The van der Waals surface area contributed by atoms with Gasteiger partial charge in [-0.25, -0.2) is 9.69 Å². The largest absolute Gasteiger partial charge is 0.465 e. The summed E-state index contributed by atoms with van der Waals surface area (Å²) in [5.74, 6) is -13.4. The zero-order valence-corrected chi connectivity index (χ0v) is 46.2. The smallest absolute Gasteiger partial charge is 0.432 e. The molecule has 8 rings (SSSR count). The van der Waals surface area contributed by atoms with Gasteiger partial charge in [0.1, 0.15) is 41.0 Å². The number of fused-ring (bicyclic) bond motifs is 7. The molecule has 14 N–H and O–H groups in total. The van der Waals surface area contributed by atoms with E-state index in [1.165, 1.54) is 30.0 Å². The van der Waals surface area contributed by atoms with Crippen LogP contribution in [-0.2, 0) is 74.8 Å². The van der Waals surface area contributed by atoms with Crippen LogP contribution >= 0.6 is 0 Å². The topological polar surface area (TPSA) is 446 Å². The van der Waals surface area contributed by atoms with Crippen molar-refractivity contribution >= 4 is 92.7 Å². The van der Waals surface area contributed by atoms with E-state index in [0.717, 1.165) is 0 Å². The molecule has 2 saturated heterocycles. The summed E-state index contributed by atoms with van der Waals surface area (Å²) < 4.78 is 21.9. The summed E-state index contributed by atoms with van der Waals surface area (Å²) in [6.45, 7) is 1.69. The molecule has 11 amide bonds. The number of H-pyrrole nitrogens is 1. The first-order chi connectivity index (χ1) is 38.9. The standard InChI is InChI=1S/C51H70N12O18S/c1-4-24(2)41-47(76)55-19-37(68)56-33-23-82(79)49-29-17-32(44(73)54-20-38(69)60-41)58-48(77)42(25(3)35(66)22-64)61-46(75)34-15-26(65)21-62(34)51(43(72)31(18-36(52)67)57-45(33)74,80-27-9-10-28(29)30(16-27)59-49)13-7-5-6-8-14-53-50(78)81-63-39(70)11-12-40(63)71/h9-10,16,24-26,31-35,41-42,59,64-66H,4-8,11-15,17-23H2,1-3H3,(H2,52,67)(H,53,78)(H,54,73)(H,55,76)(H,56,68)(H,57,74)(H,58,77)(H,60,69)(H,61,75)/t24-,25-,26?,31-,32?,33?,34-,35-,41-,42-,51?,82?/m0/s1. The highest BCUT2D eigenvalue weighted by atomic mass is 32.2. The number of aromatic nitrogens is 1. The van der Waals surface area contributed by atoms with E-state index >= 15 is 9.59 Å². The first-order valence-corrected chi connectivity index (χ1v) is 28.4. The molecule has 0 saturated carbocycles. The molecule has 0 radical (unpaired) electrons. The average Bonchev–Trinajstić information content (AvgIpc) is 4.29. The Hall–Kier alpha value is -7.61. The number of hydrogen-bond donors (Lipinski definition) is 13. The van der Waals surface area contributed by atoms with Crippen molar-refractivity contribution in [1.82, 2.24) is 57.5 Å². The third kappa shape index (κ3) is 14.3. The van der Waals surface area contributed by atoms with E-state index in [2.05, 4.69) is 47.5 Å². The Bertz CT molecular complexity index is 2870. The van der Waals surface area contributed by atoms with Crippen molar-refractivity contribution in [3.05, 3.63) is 23.8 Å². The highest BCUT2D eigenvalue weighted by Gasteiger charge is 2.57. The Labute approximate surface area is 471 Å². The van der Waals surface area contributed by atoms with Crippen LogP contribution in [-0.4, -0.2) is 198 Å². The molecule has 1 aromatic heterocycles. The summed E-state index contributed by atoms with van der Waals surface area (Å²) in [5.41, 5.74) is 3.52. The Morgan fingerprint density at radius 2 is 1.54 bits per heavy atom. The molecule has 31 heteroatoms. The SMILES string of the molecule is CC[C@H](C)[C@@H]1NC(=O)CNC(=O)C2Cc3c4[nH]c5cc(ccc35)OC(CCCCCCNC(=O)ON3C(=O)CCC3=O)(C(=O)[C@H](CC(N)=O)NC(=O)C(CS4=O)NC(=O)CNC1=O)N1CC(O)C[C@H]1C(=O)N[C@@H]([C@@H](C)[C@@H](O)CO)C(=O)N2. The molecular weight excluding hydrogens is 1100 g/mol. The van der Waals surface area contributed by atoms with E-state index in [9.17, 15) is 67.5 Å². The van der Waals surface area contributed by atoms with Gasteiger partial charge in [0.05, 0.1) is 66.4 Å². The lowest BCUT2D eigenvalue weighted by molar-refractivity contribution is -0.171. The maximum atomic E-state index is 16.0. The van der Waals surface area contributed by atoms with Gasteiger partial charge in [0, 0.05) is 56.1 Å². The number of benzene rings is 1. The number of ether oxygens (including phenoxy) is 1. The molecule has 0 aliphatic carbocycles. The number of primary amides is 1. The first-order valence-electron chi connectivity index (χ1n) is 27.1. The number of nitrogens with one attached hydrogen (secondary N) is 9. The van der Waals surface area contributed by atoms with E-state index in [1.54, 1.807) is 13.8 Å². The van der Waals surface area contributed by atoms with E-state index in [4.69, 9.17) is 15.3 Å². The summed E-state index contributed by atoms with van der Waals surface area (Å²) in [4.78, 5) is 175. The zero-order chi connectivity index (χ0) is 59.7. The molecule has 8 bridgehead atoms. The fourth-order valence-electron chi connectivity index (χ4n) is 10.6. The molecule has 30 nitrogen and oxygen atoms in total. The van der Waals surface area contributed by atoms with Crippen molar-refractivity contribution in [1.29, 1.82) is 0 Å². The van der Waals surface area contributed by atoms with Gasteiger partial charge in [0.15, 0.2) is 0 Å². The minimum Gasteiger partial charge on any atom is -0.465 e. The zero-order valence-electron chi connectivity index (χ0n) is 45.4. The fraction of sp³-hybridized carbons (Fsp3) is 0.608. The molecule has 6 aliphatic heterocycles. The molecule has 2 aromatic rings. The number of unbranched alkanes of at least 4 members (excludes halogenated alkanes) is 3. The van der Waals surface area contributed by atoms with Crippen LogP contribution in [0.15, 0.2) is 23.2 Å². The van der Waals surface area contributed by atoms with Gasteiger partial charge in [-0.1, -0.05) is 40.0 Å². The van der Waals surface area contributed by atoms with Gasteiger partial charge in [0.2, 0.25) is 58.8 Å². The summed E-state index contributed by atoms with van der Waals surface area (Å²) >= 11 is 0. The number of Topliss-reactive ketones (excluding diaryl/α,β-unsaturated/α-hetero) is 1. The van der Waals surface area contributed by atoms with Gasteiger partial charge in [0.25, 0.3) is 11.8 Å². The normalized spacial score (nSPS) is 28.2. The van der Waals surface area contributed by atoms with Crippen LogP contribution in [0.2, 0.25) is 0 Å². The predicted molar refractivity (Wildman–Crippen MR) is 283 cm³/mol. The minimum absolute atomic E-state index is 0.00304. The first kappa shape index (κ1) is 62.0. The maximum absolute atomic E-state index is 16.0. The summed E-state index contributed by atoms with van der Waals surface area (Å²) in [5, 5.41) is 53.3. The van der Waals surface area contributed by atoms with Gasteiger partial charge < -0.3 is 78.1 Å². The summed E-state index contributed by atoms with van der Waals surface area (Å²) in [6, 6.07) is -5.98. The van der Waals surface area contributed by atoms with Crippen molar-refractivity contribution in [2.24, 2.45) is 17.6 Å². The lowest BCUT2D eigenvalue weighted by Gasteiger charge is -2.45. The quantitative estimate of drug-likeness (QED) is 0.0588. The molecule has 1 aromatic carbocycles. The summed E-state index contributed by atoms with van der Waals surface area (Å²) in [7, 11) is -2.40. The lowest BCUT2D eigenvalue weighted by Crippen LogP contribution is -2.68. The number of carbonyl (C=O) groups excluding carboxylic acids is 12. The number of nitrogens with two attached hydrogens (primary N) is 1. The monoisotopic (exact) mass is 1170 g/mol. The third-order valence-corrected chi connectivity index (χ3v) is 16.7. The number of aliphatic hydroxyl groups is 3. The third-order valence-electron chi connectivity index (χ3n) is 15.3. The van der Waals surface area contributed by atoms with Gasteiger partial charge >= 0.3 is 6.09 Å². The number of carbonyl (C=O) groups is 12. The van der Waals surface area contributed by atoms with Crippen LogP contribution in [0.5, 0.6) is 5.75 Å². The lowest BCUT2D eigenvalue weighted by atomic mass is 9.89. The molecule has 12 atom stereocenters. The Balaban J connectivity index is 1.40. The Morgan fingerprint density at radius 1 is 0.854 bits per heavy atom. The second kappa shape index (κ2) is 27.0. The molecule has 2 fully saturated rings. The van der Waals surface area contributed by atoms with Crippen LogP contribution in [0.4, 0.5) is 4.79 Å². The van der Waals surface area contributed by atoms with Gasteiger partial charge in [-0.05, 0) is 42.9 Å². The number of aliphatic hydroxyl groups excluding tert-OH is 3. The molecule has 0 spiro atoms. The molecule has 82 heavy (non-hydrogen) atoms. The Morgan fingerprint density at radius 3 is 2.22 bits per heavy atom. The number of rotatable bonds is 15. The number of ketones is 1. The van der Waals surface area contributed by atoms with Crippen LogP contribution in [0, 0.1) is 11.8 Å². The second-order valence-electron chi connectivity index (χ2n) is 21.1. The highest BCUT2D eigenvalue weighted by Crippen LogP contribution is 2.39.